The molecule has 3 aromatic rings. The van der Waals surface area contributed by atoms with Crippen LogP contribution in [0.2, 0.25) is 0 Å². The van der Waals surface area contributed by atoms with Gasteiger partial charge in [0, 0.05) is 16.3 Å². The molecule has 0 atom stereocenters. The van der Waals surface area contributed by atoms with Crippen molar-refractivity contribution in [1.29, 1.82) is 5.26 Å². The Hall–Kier alpha value is -2.79. The second-order valence-electron chi connectivity index (χ2n) is 6.88. The lowest BCUT2D eigenvalue weighted by Gasteiger charge is -2.02. The molecule has 0 aromatic carbocycles. The lowest BCUT2D eigenvalue weighted by molar-refractivity contribution is -0.115. The average molecular weight is 380 g/mol. The summed E-state index contributed by atoms with van der Waals surface area (Å²) < 4.78 is 1.64. The van der Waals surface area contributed by atoms with E-state index in [2.05, 4.69) is 26.5 Å². The molecule has 138 valence electrons. The molecule has 0 saturated heterocycles. The molecule has 0 radical (unpaired) electrons. The molecule has 0 aliphatic heterocycles. The number of amides is 1. The van der Waals surface area contributed by atoms with Gasteiger partial charge in [0.15, 0.2) is 5.82 Å². The van der Waals surface area contributed by atoms with E-state index >= 15 is 0 Å². The fourth-order valence-corrected chi connectivity index (χ4v) is 4.80. The second-order valence-corrected chi connectivity index (χ2v) is 7.99. The maximum absolute atomic E-state index is 12.5. The zero-order valence-electron chi connectivity index (χ0n) is 15.4. The van der Waals surface area contributed by atoms with Gasteiger partial charge in [0.05, 0.1) is 12.0 Å². The Balaban J connectivity index is 1.55. The Labute approximate surface area is 161 Å². The third-order valence-corrected chi connectivity index (χ3v) is 5.97. The first-order chi connectivity index (χ1) is 13.0. The predicted octanol–water partition coefficient (Wildman–Crippen LogP) is 3.12. The fourth-order valence-electron chi connectivity index (χ4n) is 3.55. The molecule has 8 heteroatoms. The first-order valence-electron chi connectivity index (χ1n) is 9.09. The monoisotopic (exact) mass is 380 g/mol. The number of aryl methyl sites for hydroxylation is 3. The van der Waals surface area contributed by atoms with E-state index in [1.165, 1.54) is 22.6 Å². The highest BCUT2D eigenvalue weighted by atomic mass is 32.1. The number of nitriles is 1. The Morgan fingerprint density at radius 1 is 1.30 bits per heavy atom. The van der Waals surface area contributed by atoms with Gasteiger partial charge in [0.1, 0.15) is 11.1 Å². The first-order valence-corrected chi connectivity index (χ1v) is 9.91. The lowest BCUT2D eigenvalue weighted by Crippen LogP contribution is -2.15. The minimum Gasteiger partial charge on any atom is -0.316 e. The van der Waals surface area contributed by atoms with E-state index in [9.17, 15) is 10.1 Å². The molecule has 3 heterocycles. The summed E-state index contributed by atoms with van der Waals surface area (Å²) in [7, 11) is 0. The number of carbonyl (C=O) groups excluding carboxylic acids is 1. The lowest BCUT2D eigenvalue weighted by atomic mass is 10.1. The van der Waals surface area contributed by atoms with Crippen molar-refractivity contribution in [3.8, 4) is 6.07 Å². The summed E-state index contributed by atoms with van der Waals surface area (Å²) in [5, 5.41) is 17.5. The van der Waals surface area contributed by atoms with Crippen LogP contribution in [0.15, 0.2) is 6.07 Å². The zero-order chi connectivity index (χ0) is 19.0. The predicted molar refractivity (Wildman–Crippen MR) is 103 cm³/mol. The third-order valence-electron chi connectivity index (χ3n) is 4.77. The van der Waals surface area contributed by atoms with Crippen LogP contribution >= 0.6 is 11.3 Å². The maximum atomic E-state index is 12.5. The average Bonchev–Trinajstić information content (AvgIpc) is 3.07. The number of anilines is 1. The minimum absolute atomic E-state index is 0.0509. The minimum atomic E-state index is -0.215. The molecule has 3 aromatic heterocycles. The molecular formula is C19H20N6OS. The van der Waals surface area contributed by atoms with Crippen LogP contribution in [0.5, 0.6) is 0 Å². The molecule has 1 aliphatic carbocycles. The SMILES string of the molecule is Cc1cc(C)n2nc(CC(=O)Nc3sc4c(c3C#N)CCCCC4)nc2n1. The largest absolute Gasteiger partial charge is 0.316 e. The van der Waals surface area contributed by atoms with Gasteiger partial charge in [0.25, 0.3) is 5.78 Å². The van der Waals surface area contributed by atoms with Crippen molar-refractivity contribution in [2.24, 2.45) is 0 Å². The molecule has 1 aliphatic rings. The van der Waals surface area contributed by atoms with Crippen molar-refractivity contribution in [2.45, 2.75) is 52.4 Å². The molecule has 1 N–H and O–H groups in total. The van der Waals surface area contributed by atoms with Crippen molar-refractivity contribution in [2.75, 3.05) is 5.32 Å². The van der Waals surface area contributed by atoms with Crippen molar-refractivity contribution in [3.63, 3.8) is 0 Å². The van der Waals surface area contributed by atoms with Crippen LogP contribution in [0, 0.1) is 25.2 Å². The zero-order valence-corrected chi connectivity index (χ0v) is 16.2. The summed E-state index contributed by atoms with van der Waals surface area (Å²) >= 11 is 1.54. The topological polar surface area (TPSA) is 96.0 Å². The molecule has 27 heavy (non-hydrogen) atoms. The van der Waals surface area contributed by atoms with Gasteiger partial charge in [-0.2, -0.15) is 10.2 Å². The number of aromatic nitrogens is 4. The van der Waals surface area contributed by atoms with Gasteiger partial charge in [-0.15, -0.1) is 16.4 Å². The van der Waals surface area contributed by atoms with Crippen molar-refractivity contribution >= 4 is 28.0 Å². The van der Waals surface area contributed by atoms with Gasteiger partial charge in [-0.1, -0.05) is 6.42 Å². The summed E-state index contributed by atoms with van der Waals surface area (Å²) in [5.41, 5.74) is 3.53. The molecule has 0 saturated carbocycles. The number of thiophene rings is 1. The number of carbonyl (C=O) groups is 1. The Morgan fingerprint density at radius 2 is 2.11 bits per heavy atom. The molecule has 0 unspecified atom stereocenters. The molecular weight excluding hydrogens is 360 g/mol. The highest BCUT2D eigenvalue weighted by Gasteiger charge is 2.21. The van der Waals surface area contributed by atoms with Crippen molar-refractivity contribution < 1.29 is 4.79 Å². The van der Waals surface area contributed by atoms with Crippen LogP contribution in [0.1, 0.15) is 52.5 Å². The third kappa shape index (κ3) is 3.43. The van der Waals surface area contributed by atoms with E-state index in [-0.39, 0.29) is 12.3 Å². The Morgan fingerprint density at radius 3 is 2.93 bits per heavy atom. The molecule has 0 fully saturated rings. The van der Waals surface area contributed by atoms with Gasteiger partial charge in [-0.3, -0.25) is 4.79 Å². The summed E-state index contributed by atoms with van der Waals surface area (Å²) in [6.45, 7) is 3.83. The highest BCUT2D eigenvalue weighted by molar-refractivity contribution is 7.16. The normalized spacial score (nSPS) is 13.8. The van der Waals surface area contributed by atoms with Crippen LogP contribution in [-0.2, 0) is 24.1 Å². The smallest absolute Gasteiger partial charge is 0.252 e. The number of rotatable bonds is 3. The summed E-state index contributed by atoms with van der Waals surface area (Å²) in [4.78, 5) is 22.5. The van der Waals surface area contributed by atoms with E-state index in [0.717, 1.165) is 42.6 Å². The van der Waals surface area contributed by atoms with Gasteiger partial charge in [-0.05, 0) is 51.2 Å². The highest BCUT2D eigenvalue weighted by Crippen LogP contribution is 2.37. The number of nitrogens with zero attached hydrogens (tertiary/aromatic N) is 5. The molecule has 7 nitrogen and oxygen atoms in total. The van der Waals surface area contributed by atoms with E-state index in [4.69, 9.17) is 0 Å². The molecule has 4 rings (SSSR count). The van der Waals surface area contributed by atoms with E-state index in [0.29, 0.717) is 22.2 Å². The molecule has 1 amide bonds. The summed E-state index contributed by atoms with van der Waals surface area (Å²) in [6.07, 6.45) is 5.40. The number of hydrogen-bond acceptors (Lipinski definition) is 6. The van der Waals surface area contributed by atoms with E-state index < -0.39 is 0 Å². The summed E-state index contributed by atoms with van der Waals surface area (Å²) in [6, 6.07) is 4.21. The number of fused-ring (bicyclic) bond motifs is 2. The Bertz CT molecular complexity index is 1070. The van der Waals surface area contributed by atoms with Crippen LogP contribution in [0.3, 0.4) is 0 Å². The number of hydrogen-bond donors (Lipinski definition) is 1. The van der Waals surface area contributed by atoms with Gasteiger partial charge in [0.2, 0.25) is 5.91 Å². The molecule has 0 bridgehead atoms. The Kier molecular flexibility index (Phi) is 4.62. The van der Waals surface area contributed by atoms with Gasteiger partial charge >= 0.3 is 0 Å². The van der Waals surface area contributed by atoms with E-state index in [1.807, 2.05) is 19.9 Å². The van der Waals surface area contributed by atoms with Crippen LogP contribution in [-0.4, -0.2) is 25.5 Å². The second kappa shape index (κ2) is 7.08. The van der Waals surface area contributed by atoms with Crippen LogP contribution < -0.4 is 5.32 Å². The van der Waals surface area contributed by atoms with Crippen molar-refractivity contribution in [3.05, 3.63) is 39.3 Å². The number of nitrogens with one attached hydrogen (secondary N) is 1. The first kappa shape index (κ1) is 17.6. The quantitative estimate of drug-likeness (QED) is 0.704. The standard InChI is InChI=1S/C19H20N6OS/c1-11-8-12(2)25-19(21-11)22-16(24-25)9-17(26)23-18-14(10-20)13-6-4-3-5-7-15(13)27-18/h8H,3-7,9H2,1-2H3,(H,23,26). The summed E-state index contributed by atoms with van der Waals surface area (Å²) in [5.74, 6) is 0.703. The van der Waals surface area contributed by atoms with Crippen molar-refractivity contribution in [1.82, 2.24) is 19.6 Å². The van der Waals surface area contributed by atoms with Crippen LogP contribution in [0.4, 0.5) is 5.00 Å². The van der Waals surface area contributed by atoms with Gasteiger partial charge < -0.3 is 5.32 Å². The fraction of sp³-hybridized carbons (Fsp3) is 0.421. The molecule has 0 spiro atoms. The van der Waals surface area contributed by atoms with Gasteiger partial charge in [-0.25, -0.2) is 9.50 Å². The maximum Gasteiger partial charge on any atom is 0.252 e. The van der Waals surface area contributed by atoms with E-state index in [1.54, 1.807) is 4.52 Å². The van der Waals surface area contributed by atoms with Crippen LogP contribution in [0.25, 0.3) is 5.78 Å².